The van der Waals surface area contributed by atoms with E-state index in [2.05, 4.69) is 5.32 Å². The number of ether oxygens (including phenoxy) is 2. The van der Waals surface area contributed by atoms with Crippen molar-refractivity contribution in [2.75, 3.05) is 6.54 Å². The van der Waals surface area contributed by atoms with Crippen LogP contribution in [0.3, 0.4) is 0 Å². The summed E-state index contributed by atoms with van der Waals surface area (Å²) in [6.07, 6.45) is 7.40. The van der Waals surface area contributed by atoms with Gasteiger partial charge in [-0.1, -0.05) is 0 Å². The van der Waals surface area contributed by atoms with Gasteiger partial charge in [-0.3, -0.25) is 9.59 Å². The van der Waals surface area contributed by atoms with Gasteiger partial charge in [-0.05, 0) is 68.6 Å². The smallest absolute Gasteiger partial charge is 0.347 e. The molecule has 6 heteroatoms. The lowest BCUT2D eigenvalue weighted by molar-refractivity contribution is -0.160. The number of nitrogens with one attached hydrogen (secondary N) is 1. The molecule has 5 fully saturated rings. The Bertz CT molecular complexity index is 551. The van der Waals surface area contributed by atoms with Crippen LogP contribution in [0.15, 0.2) is 0 Å². The van der Waals surface area contributed by atoms with E-state index in [0.717, 1.165) is 17.8 Å². The van der Waals surface area contributed by atoms with Crippen LogP contribution in [-0.2, 0) is 23.9 Å². The molecule has 0 unspecified atom stereocenters. The zero-order valence-electron chi connectivity index (χ0n) is 14.8. The summed E-state index contributed by atoms with van der Waals surface area (Å²) in [7, 11) is 0. The molecule has 4 saturated carbocycles. The Kier molecular flexibility index (Phi) is 4.24. The normalized spacial score (nSPS) is 41.5. The molecule has 6 nitrogen and oxygen atoms in total. The van der Waals surface area contributed by atoms with E-state index in [1.54, 1.807) is 6.92 Å². The van der Waals surface area contributed by atoms with Crippen molar-refractivity contribution in [3.8, 4) is 0 Å². The summed E-state index contributed by atoms with van der Waals surface area (Å²) in [6, 6.07) is 0. The van der Waals surface area contributed by atoms with Crippen molar-refractivity contribution in [3.63, 3.8) is 0 Å². The highest BCUT2D eigenvalue weighted by molar-refractivity contribution is 5.85. The molecule has 1 N–H and O–H groups in total. The van der Waals surface area contributed by atoms with Crippen molar-refractivity contribution in [1.29, 1.82) is 0 Å². The van der Waals surface area contributed by atoms with Crippen LogP contribution in [0.25, 0.3) is 0 Å². The molecule has 138 valence electrons. The van der Waals surface area contributed by atoms with Crippen LogP contribution in [-0.4, -0.2) is 36.6 Å². The monoisotopic (exact) mass is 349 g/mol. The van der Waals surface area contributed by atoms with Crippen molar-refractivity contribution in [2.45, 2.75) is 70.5 Å². The van der Waals surface area contributed by atoms with E-state index in [1.165, 1.54) is 38.5 Å². The highest BCUT2D eigenvalue weighted by Gasteiger charge is 2.51. The van der Waals surface area contributed by atoms with E-state index in [1.807, 2.05) is 0 Å². The van der Waals surface area contributed by atoms with Gasteiger partial charge in [0.1, 0.15) is 12.6 Å². The van der Waals surface area contributed by atoms with E-state index < -0.39 is 18.0 Å². The molecule has 1 amide bonds. The van der Waals surface area contributed by atoms with Crippen molar-refractivity contribution in [1.82, 2.24) is 5.32 Å². The second-order valence-electron chi connectivity index (χ2n) is 8.83. The summed E-state index contributed by atoms with van der Waals surface area (Å²) in [5.74, 6) is 1.27. The Morgan fingerprint density at radius 3 is 2.24 bits per heavy atom. The maximum atomic E-state index is 12.4. The summed E-state index contributed by atoms with van der Waals surface area (Å²) in [5, 5.41) is 2.69. The highest BCUT2D eigenvalue weighted by Crippen LogP contribution is 2.61. The summed E-state index contributed by atoms with van der Waals surface area (Å²) in [4.78, 5) is 35.7. The quantitative estimate of drug-likeness (QED) is 0.767. The third-order valence-electron chi connectivity index (χ3n) is 6.53. The number of rotatable bonds is 5. The van der Waals surface area contributed by atoms with Crippen LogP contribution in [0.2, 0.25) is 0 Å². The minimum Gasteiger partial charge on any atom is -0.460 e. The fourth-order valence-corrected chi connectivity index (χ4v) is 6.10. The average molecular weight is 349 g/mol. The summed E-state index contributed by atoms with van der Waals surface area (Å²) in [6.45, 7) is 1.59. The predicted molar refractivity (Wildman–Crippen MR) is 88.3 cm³/mol. The Morgan fingerprint density at radius 2 is 1.72 bits per heavy atom. The lowest BCUT2D eigenvalue weighted by Gasteiger charge is -2.56. The van der Waals surface area contributed by atoms with Crippen molar-refractivity contribution in [2.24, 2.45) is 23.2 Å². The standard InChI is InChI=1S/C19H27NO5/c1-11-2-15(18(23)24-11)25-17(22)10-20-16(21)9-19-6-12-3-13(7-19)5-14(4-12)8-19/h11-15H,2-10H2,1H3,(H,20,21)/t11-,12?,13?,14?,15-,19?/m1/s1. The summed E-state index contributed by atoms with van der Waals surface area (Å²) in [5.41, 5.74) is 0.160. The van der Waals surface area contributed by atoms with E-state index in [4.69, 9.17) is 9.47 Å². The lowest BCUT2D eigenvalue weighted by atomic mass is 9.49. The van der Waals surface area contributed by atoms with Crippen LogP contribution < -0.4 is 5.32 Å². The molecule has 5 rings (SSSR count). The van der Waals surface area contributed by atoms with Crippen LogP contribution in [0.1, 0.15) is 58.3 Å². The van der Waals surface area contributed by atoms with E-state index in [0.29, 0.717) is 12.8 Å². The van der Waals surface area contributed by atoms with Crippen molar-refractivity contribution in [3.05, 3.63) is 0 Å². The highest BCUT2D eigenvalue weighted by atomic mass is 16.6. The Labute approximate surface area is 148 Å². The fourth-order valence-electron chi connectivity index (χ4n) is 6.10. The number of hydrogen-bond acceptors (Lipinski definition) is 5. The molecule has 1 heterocycles. The van der Waals surface area contributed by atoms with Crippen LogP contribution >= 0.6 is 0 Å². The number of carbonyl (C=O) groups is 3. The van der Waals surface area contributed by atoms with Gasteiger partial charge in [0.05, 0.1) is 0 Å². The minimum absolute atomic E-state index is 0.0683. The second-order valence-corrected chi connectivity index (χ2v) is 8.83. The lowest BCUT2D eigenvalue weighted by Crippen LogP contribution is -2.48. The zero-order valence-corrected chi connectivity index (χ0v) is 14.8. The van der Waals surface area contributed by atoms with Crippen molar-refractivity contribution < 1.29 is 23.9 Å². The third-order valence-corrected chi connectivity index (χ3v) is 6.53. The van der Waals surface area contributed by atoms with Gasteiger partial charge in [0.15, 0.2) is 0 Å². The number of amides is 1. The molecule has 4 bridgehead atoms. The number of esters is 2. The molecular weight excluding hydrogens is 322 g/mol. The first-order valence-corrected chi connectivity index (χ1v) is 9.57. The molecule has 25 heavy (non-hydrogen) atoms. The molecule has 0 aromatic carbocycles. The van der Waals surface area contributed by atoms with E-state index in [-0.39, 0.29) is 24.0 Å². The van der Waals surface area contributed by atoms with Crippen LogP contribution in [0.5, 0.6) is 0 Å². The van der Waals surface area contributed by atoms with Gasteiger partial charge in [0.2, 0.25) is 12.0 Å². The molecule has 5 aliphatic rings. The zero-order chi connectivity index (χ0) is 17.6. The SMILES string of the molecule is C[C@@H]1C[C@@H](OC(=O)CNC(=O)CC23CC4CC(CC(C4)C2)C3)C(=O)O1. The Hall–Kier alpha value is -1.59. The first-order chi connectivity index (χ1) is 11.9. The molecule has 1 aliphatic heterocycles. The molecule has 2 atom stereocenters. The molecule has 0 spiro atoms. The minimum atomic E-state index is -0.831. The van der Waals surface area contributed by atoms with Gasteiger partial charge < -0.3 is 14.8 Å². The van der Waals surface area contributed by atoms with E-state index in [9.17, 15) is 14.4 Å². The van der Waals surface area contributed by atoms with Gasteiger partial charge in [-0.15, -0.1) is 0 Å². The van der Waals surface area contributed by atoms with Crippen LogP contribution in [0.4, 0.5) is 0 Å². The van der Waals surface area contributed by atoms with E-state index >= 15 is 0 Å². The Morgan fingerprint density at radius 1 is 1.12 bits per heavy atom. The Balaban J connectivity index is 1.24. The maximum Gasteiger partial charge on any atom is 0.347 e. The van der Waals surface area contributed by atoms with Crippen LogP contribution in [0, 0.1) is 23.2 Å². The number of carbonyl (C=O) groups excluding carboxylic acids is 3. The van der Waals surface area contributed by atoms with Gasteiger partial charge in [0.25, 0.3) is 0 Å². The summed E-state index contributed by atoms with van der Waals surface area (Å²) >= 11 is 0. The van der Waals surface area contributed by atoms with Crippen molar-refractivity contribution >= 4 is 17.8 Å². The third kappa shape index (κ3) is 3.53. The molecule has 0 radical (unpaired) electrons. The first-order valence-electron chi connectivity index (χ1n) is 9.57. The molecule has 0 aromatic rings. The van der Waals surface area contributed by atoms with Gasteiger partial charge in [-0.25, -0.2) is 4.79 Å². The topological polar surface area (TPSA) is 81.7 Å². The largest absolute Gasteiger partial charge is 0.460 e. The molecule has 4 aliphatic carbocycles. The fraction of sp³-hybridized carbons (Fsp3) is 0.842. The molecule has 0 aromatic heterocycles. The first kappa shape index (κ1) is 16.9. The number of hydrogen-bond donors (Lipinski definition) is 1. The van der Waals surface area contributed by atoms with Gasteiger partial charge >= 0.3 is 11.9 Å². The van der Waals surface area contributed by atoms with Gasteiger partial charge in [0, 0.05) is 12.8 Å². The average Bonchev–Trinajstić information content (AvgIpc) is 2.81. The maximum absolute atomic E-state index is 12.4. The van der Waals surface area contributed by atoms with Gasteiger partial charge in [-0.2, -0.15) is 0 Å². The number of cyclic esters (lactones) is 1. The predicted octanol–water partition coefficient (Wildman–Crippen LogP) is 1.96. The second kappa shape index (κ2) is 6.29. The molecular formula is C19H27NO5. The molecule has 1 saturated heterocycles. The summed E-state index contributed by atoms with van der Waals surface area (Å²) < 4.78 is 10.1.